The molecule has 0 aliphatic carbocycles. The van der Waals surface area contributed by atoms with E-state index < -0.39 is 33.3 Å². The second kappa shape index (κ2) is 13.6. The number of anilines is 1. The number of carbonyl (C=O) groups is 3. The van der Waals surface area contributed by atoms with E-state index in [4.69, 9.17) is 4.84 Å². The third kappa shape index (κ3) is 6.89. The van der Waals surface area contributed by atoms with Gasteiger partial charge in [-0.15, -0.1) is 5.06 Å². The Morgan fingerprint density at radius 2 is 1.69 bits per heavy atom. The molecule has 0 saturated carbocycles. The van der Waals surface area contributed by atoms with Crippen molar-refractivity contribution in [3.63, 3.8) is 0 Å². The normalized spacial score (nSPS) is 18.9. The Morgan fingerprint density at radius 1 is 0.980 bits per heavy atom. The number of nitrogens with zero attached hydrogens (tertiary/aromatic N) is 3. The van der Waals surface area contributed by atoms with Crippen molar-refractivity contribution in [1.82, 2.24) is 5.06 Å². The molecule has 10 nitrogen and oxygen atoms in total. The van der Waals surface area contributed by atoms with Crippen molar-refractivity contribution in [3.05, 3.63) is 89.2 Å². The molecule has 2 amide bonds. The predicted octanol–water partition coefficient (Wildman–Crippen LogP) is 5.88. The van der Waals surface area contributed by atoms with Gasteiger partial charge in [-0.1, -0.05) is 43.9 Å². The van der Waals surface area contributed by atoms with Gasteiger partial charge in [-0.2, -0.15) is 13.0 Å². The fraction of sp³-hybridized carbons (Fsp3) is 0.368. The molecule has 1 fully saturated rings. The fourth-order valence-electron chi connectivity index (χ4n) is 6.74. The molecule has 3 aliphatic rings. The number of imide groups is 1. The van der Waals surface area contributed by atoms with Crippen LogP contribution in [0.1, 0.15) is 83.9 Å². The van der Waals surface area contributed by atoms with Crippen LogP contribution in [0.4, 0.5) is 11.4 Å². The van der Waals surface area contributed by atoms with E-state index in [-0.39, 0.29) is 36.0 Å². The van der Waals surface area contributed by atoms with Crippen molar-refractivity contribution in [2.24, 2.45) is 0 Å². The molecule has 3 aliphatic heterocycles. The van der Waals surface area contributed by atoms with Crippen molar-refractivity contribution in [2.75, 3.05) is 18.0 Å². The van der Waals surface area contributed by atoms with Gasteiger partial charge in [-0.25, -0.2) is 4.79 Å². The van der Waals surface area contributed by atoms with E-state index in [1.807, 2.05) is 51.1 Å². The summed E-state index contributed by atoms with van der Waals surface area (Å²) in [7, 11) is -4.31. The summed E-state index contributed by atoms with van der Waals surface area (Å²) in [4.78, 5) is 42.5. The molecule has 256 valence electrons. The average Bonchev–Trinajstić information content (AvgIpc) is 3.56. The molecule has 11 heteroatoms. The van der Waals surface area contributed by atoms with Gasteiger partial charge in [0.05, 0.1) is 16.7 Å². The van der Waals surface area contributed by atoms with E-state index in [9.17, 15) is 27.4 Å². The minimum atomic E-state index is -4.31. The van der Waals surface area contributed by atoms with Crippen molar-refractivity contribution < 1.29 is 36.8 Å². The molecule has 0 spiro atoms. The number of benzene rings is 2. The van der Waals surface area contributed by atoms with Gasteiger partial charge >= 0.3 is 5.97 Å². The Hall–Kier alpha value is -4.79. The van der Waals surface area contributed by atoms with Crippen molar-refractivity contribution >= 4 is 45.0 Å². The Kier molecular flexibility index (Phi) is 9.86. The minimum Gasteiger partial charge on any atom is -0.344 e. The first-order valence-corrected chi connectivity index (χ1v) is 17.8. The number of allylic oxidation sites excluding steroid dienone is 6. The number of likely N-dealkylation sites (N-methyl/N-ethyl adjacent to an activating group) is 1. The summed E-state index contributed by atoms with van der Waals surface area (Å²) in [5, 5.41) is 0.551. The van der Waals surface area contributed by atoms with Crippen LogP contribution in [0.5, 0.6) is 0 Å². The van der Waals surface area contributed by atoms with Crippen LogP contribution < -0.4 is 4.90 Å². The molecule has 2 aromatic rings. The molecule has 3 heterocycles. The van der Waals surface area contributed by atoms with Crippen LogP contribution in [-0.4, -0.2) is 59.2 Å². The number of carbonyl (C=O) groups excluding carboxylic acids is 3. The Morgan fingerprint density at radius 3 is 2.35 bits per heavy atom. The zero-order chi connectivity index (χ0) is 35.7. The van der Waals surface area contributed by atoms with E-state index in [2.05, 4.69) is 60.3 Å². The van der Waals surface area contributed by atoms with E-state index >= 15 is 0 Å². The van der Waals surface area contributed by atoms with Gasteiger partial charge in [-0.05, 0) is 69.7 Å². The van der Waals surface area contributed by atoms with Gasteiger partial charge in [0.25, 0.3) is 21.9 Å². The first kappa shape index (κ1) is 35.5. The Bertz CT molecular complexity index is 2010. The molecule has 0 radical (unpaired) electrons. The lowest BCUT2D eigenvalue weighted by atomic mass is 9.81. The Labute approximate surface area is 288 Å². The van der Waals surface area contributed by atoms with Gasteiger partial charge in [0.2, 0.25) is 5.69 Å². The van der Waals surface area contributed by atoms with E-state index in [0.29, 0.717) is 11.6 Å². The molecular weight excluding hydrogens is 642 g/mol. The maximum Gasteiger partial charge on any atom is 0.334 e. The number of amides is 2. The molecule has 49 heavy (non-hydrogen) atoms. The molecular formula is C38H42N3O7S+. The quantitative estimate of drug-likeness (QED) is 0.114. The highest BCUT2D eigenvalue weighted by molar-refractivity contribution is 7.85. The maximum atomic E-state index is 12.1. The third-order valence-corrected chi connectivity index (χ3v) is 10.2. The summed E-state index contributed by atoms with van der Waals surface area (Å²) >= 11 is 0. The van der Waals surface area contributed by atoms with Crippen LogP contribution in [-0.2, 0) is 40.2 Å². The number of hydrogen-bond acceptors (Lipinski definition) is 7. The standard InChI is InChI=1S/C38H41N3O7S/c1-7-39-30-20-18-26(14-12-13-17-36(44)48-41-34(42)22-23-35(41)43)24-28(30)37(3,4)32(39)15-10-9-11-16-33-38(5,6)29-25-27(49(45,46)47)19-21-31(29)40(33)8-2/h9-11,15-16,18-21,24-25H,7-8,13,17,22-23H2,1-6H3/p+1. The van der Waals surface area contributed by atoms with Gasteiger partial charge in [-0.3, -0.25) is 14.1 Å². The lowest BCUT2D eigenvalue weighted by Gasteiger charge is -2.25. The third-order valence-electron chi connectivity index (χ3n) is 9.30. The van der Waals surface area contributed by atoms with Crippen molar-refractivity contribution in [3.8, 4) is 11.8 Å². The highest BCUT2D eigenvalue weighted by atomic mass is 32.2. The molecule has 2 aromatic carbocycles. The SMILES string of the molecule is CCN1/C(=C/C=C/C=C/C2=[N+](CC)c3ccc(S(=O)(=O)O)cc3C2(C)C)C(C)(C)c2cc(C#CCCC(=O)ON3C(=O)CCC3=O)ccc21. The first-order valence-electron chi connectivity index (χ1n) is 16.4. The monoisotopic (exact) mass is 684 g/mol. The molecule has 5 rings (SSSR count). The van der Waals surface area contributed by atoms with E-state index in [0.717, 1.165) is 46.0 Å². The summed E-state index contributed by atoms with van der Waals surface area (Å²) in [6.07, 6.45) is 10.5. The summed E-state index contributed by atoms with van der Waals surface area (Å²) in [6.45, 7) is 14.1. The zero-order valence-corrected chi connectivity index (χ0v) is 29.6. The highest BCUT2D eigenvalue weighted by Crippen LogP contribution is 2.48. The average molecular weight is 685 g/mol. The fourth-order valence-corrected chi connectivity index (χ4v) is 7.25. The van der Waals surface area contributed by atoms with E-state index in [1.165, 1.54) is 6.07 Å². The molecule has 0 bridgehead atoms. The van der Waals surface area contributed by atoms with Crippen LogP contribution >= 0.6 is 0 Å². The number of rotatable bonds is 9. The topological polar surface area (TPSA) is 124 Å². The summed E-state index contributed by atoms with van der Waals surface area (Å²) in [6, 6.07) is 10.9. The molecule has 0 unspecified atom stereocenters. The lowest BCUT2D eigenvalue weighted by molar-refractivity contribution is -0.433. The van der Waals surface area contributed by atoms with Crippen LogP contribution in [0, 0.1) is 11.8 Å². The number of hydrogen-bond donors (Lipinski definition) is 1. The van der Waals surface area contributed by atoms with Crippen LogP contribution in [0.15, 0.2) is 77.4 Å². The molecule has 0 aromatic heterocycles. The van der Waals surface area contributed by atoms with Gasteiger partial charge in [0.15, 0.2) is 5.71 Å². The van der Waals surface area contributed by atoms with Gasteiger partial charge < -0.3 is 9.74 Å². The first-order chi connectivity index (χ1) is 23.1. The van der Waals surface area contributed by atoms with Crippen molar-refractivity contribution in [1.29, 1.82) is 0 Å². The second-order valence-electron chi connectivity index (χ2n) is 13.2. The van der Waals surface area contributed by atoms with Crippen LogP contribution in [0.3, 0.4) is 0 Å². The molecule has 1 N–H and O–H groups in total. The van der Waals surface area contributed by atoms with Crippen LogP contribution in [0.2, 0.25) is 0 Å². The number of fused-ring (bicyclic) bond motifs is 2. The lowest BCUT2D eigenvalue weighted by Crippen LogP contribution is -2.31. The summed E-state index contributed by atoms with van der Waals surface area (Å²) < 4.78 is 35.4. The predicted molar refractivity (Wildman–Crippen MR) is 187 cm³/mol. The number of hydroxylamine groups is 2. The largest absolute Gasteiger partial charge is 0.344 e. The Balaban J connectivity index is 1.29. The van der Waals surface area contributed by atoms with Crippen molar-refractivity contribution in [2.45, 2.75) is 83.0 Å². The van der Waals surface area contributed by atoms with Crippen LogP contribution in [0.25, 0.3) is 0 Å². The van der Waals surface area contributed by atoms with Gasteiger partial charge in [0.1, 0.15) is 6.54 Å². The molecule has 1 saturated heterocycles. The zero-order valence-electron chi connectivity index (χ0n) is 28.7. The van der Waals surface area contributed by atoms with Gasteiger partial charge in [0, 0.05) is 65.9 Å². The highest BCUT2D eigenvalue weighted by Gasteiger charge is 2.44. The maximum absolute atomic E-state index is 12.1. The second-order valence-corrected chi connectivity index (χ2v) is 14.6. The molecule has 0 atom stereocenters. The summed E-state index contributed by atoms with van der Waals surface area (Å²) in [5.74, 6) is 4.46. The smallest absolute Gasteiger partial charge is 0.334 e. The minimum absolute atomic E-state index is 0.0348. The van der Waals surface area contributed by atoms with E-state index in [1.54, 1.807) is 12.1 Å². The summed E-state index contributed by atoms with van der Waals surface area (Å²) in [5.41, 5.74) is 6.25.